The number of aromatic amines is 2. The van der Waals surface area contributed by atoms with Crippen molar-refractivity contribution < 1.29 is 4.79 Å². The van der Waals surface area contributed by atoms with Crippen molar-refractivity contribution in [3.05, 3.63) is 86.6 Å². The van der Waals surface area contributed by atoms with Crippen molar-refractivity contribution in [2.45, 2.75) is 25.2 Å². The lowest BCUT2D eigenvalue weighted by Gasteiger charge is -2.32. The first kappa shape index (κ1) is 18.5. The van der Waals surface area contributed by atoms with Gasteiger partial charge < -0.3 is 9.88 Å². The second-order valence-corrected chi connectivity index (χ2v) is 7.53. The monoisotopic (exact) mass is 396 g/mol. The van der Waals surface area contributed by atoms with Crippen LogP contribution in [-0.4, -0.2) is 39.1 Å². The average molecular weight is 397 g/mol. The Hall–Kier alpha value is -2.86. The molecule has 0 bridgehead atoms. The van der Waals surface area contributed by atoms with Gasteiger partial charge in [-0.15, -0.1) is 0 Å². The summed E-state index contributed by atoms with van der Waals surface area (Å²) in [5.41, 5.74) is 3.28. The third-order valence-electron chi connectivity index (χ3n) is 5.28. The zero-order valence-corrected chi connectivity index (χ0v) is 16.1. The average Bonchev–Trinajstić information content (AvgIpc) is 3.18. The molecule has 0 radical (unpaired) electrons. The number of H-pyrrole nitrogens is 2. The van der Waals surface area contributed by atoms with Crippen LogP contribution in [0.2, 0.25) is 5.02 Å². The van der Waals surface area contributed by atoms with Gasteiger partial charge in [0, 0.05) is 37.3 Å². The van der Waals surface area contributed by atoms with Gasteiger partial charge in [0.15, 0.2) is 0 Å². The number of rotatable bonds is 4. The Kier molecular flexibility index (Phi) is 5.30. The SMILES string of the molecule is O=C(c1cc(Cl)c[nH]c1=O)N1CCC(c2[nH]ncc2Cc2ccccc2)CC1. The molecule has 1 aliphatic rings. The van der Waals surface area contributed by atoms with E-state index in [1.807, 2.05) is 24.4 Å². The van der Waals surface area contributed by atoms with E-state index in [1.54, 1.807) is 4.90 Å². The highest BCUT2D eigenvalue weighted by Gasteiger charge is 2.28. The van der Waals surface area contributed by atoms with Gasteiger partial charge >= 0.3 is 0 Å². The number of benzene rings is 1. The summed E-state index contributed by atoms with van der Waals surface area (Å²) in [6.45, 7) is 1.19. The van der Waals surface area contributed by atoms with Crippen LogP contribution in [0.4, 0.5) is 0 Å². The molecule has 0 saturated carbocycles. The second kappa shape index (κ2) is 8.02. The lowest BCUT2D eigenvalue weighted by Crippen LogP contribution is -2.40. The number of nitrogens with one attached hydrogen (secondary N) is 2. The molecule has 2 aromatic heterocycles. The summed E-state index contributed by atoms with van der Waals surface area (Å²) in [6, 6.07) is 11.7. The van der Waals surface area contributed by atoms with Gasteiger partial charge in [-0.2, -0.15) is 5.10 Å². The summed E-state index contributed by atoms with van der Waals surface area (Å²) in [7, 11) is 0. The third kappa shape index (κ3) is 3.87. The highest BCUT2D eigenvalue weighted by atomic mass is 35.5. The fraction of sp³-hybridized carbons (Fsp3) is 0.286. The number of halogens is 1. The van der Waals surface area contributed by atoms with Crippen molar-refractivity contribution in [3.8, 4) is 0 Å². The van der Waals surface area contributed by atoms with Crippen LogP contribution in [-0.2, 0) is 6.42 Å². The molecule has 2 N–H and O–H groups in total. The molecule has 0 atom stereocenters. The van der Waals surface area contributed by atoms with Crippen LogP contribution in [0.25, 0.3) is 0 Å². The molecule has 0 spiro atoms. The maximum absolute atomic E-state index is 12.7. The van der Waals surface area contributed by atoms with Crippen LogP contribution in [0.15, 0.2) is 53.6 Å². The minimum absolute atomic E-state index is 0.0947. The number of hydrogen-bond donors (Lipinski definition) is 2. The summed E-state index contributed by atoms with van der Waals surface area (Å²) in [5.74, 6) is 0.0548. The number of carbonyl (C=O) groups excluding carboxylic acids is 1. The van der Waals surface area contributed by atoms with Crippen molar-refractivity contribution in [2.24, 2.45) is 0 Å². The van der Waals surface area contributed by atoms with E-state index >= 15 is 0 Å². The molecule has 144 valence electrons. The standard InChI is InChI=1S/C21H21ClN4O2/c22-17-11-18(20(27)23-13-17)21(28)26-8-6-15(7-9-26)19-16(12-24-25-19)10-14-4-2-1-3-5-14/h1-5,11-13,15H,6-10H2,(H,23,27)(H,24,25). The zero-order valence-electron chi connectivity index (χ0n) is 15.3. The Morgan fingerprint density at radius 1 is 1.21 bits per heavy atom. The molecule has 0 unspecified atom stereocenters. The van der Waals surface area contributed by atoms with Crippen molar-refractivity contribution in [1.82, 2.24) is 20.1 Å². The van der Waals surface area contributed by atoms with E-state index in [0.29, 0.717) is 24.0 Å². The molecular formula is C21H21ClN4O2. The first-order valence-corrected chi connectivity index (χ1v) is 9.73. The minimum Gasteiger partial charge on any atom is -0.338 e. The van der Waals surface area contributed by atoms with Crippen molar-refractivity contribution in [3.63, 3.8) is 0 Å². The summed E-state index contributed by atoms with van der Waals surface area (Å²) in [6.07, 6.45) is 5.77. The molecule has 3 heterocycles. The van der Waals surface area contributed by atoms with E-state index in [-0.39, 0.29) is 11.5 Å². The van der Waals surface area contributed by atoms with E-state index in [2.05, 4.69) is 27.3 Å². The van der Waals surface area contributed by atoms with Crippen molar-refractivity contribution >= 4 is 17.5 Å². The van der Waals surface area contributed by atoms with Crippen molar-refractivity contribution in [2.75, 3.05) is 13.1 Å². The van der Waals surface area contributed by atoms with Gasteiger partial charge in [0.1, 0.15) is 5.56 Å². The van der Waals surface area contributed by atoms with Crippen LogP contribution in [0.5, 0.6) is 0 Å². The number of nitrogens with zero attached hydrogens (tertiary/aromatic N) is 2. The van der Waals surface area contributed by atoms with E-state index in [4.69, 9.17) is 11.6 Å². The molecule has 28 heavy (non-hydrogen) atoms. The fourth-order valence-electron chi connectivity index (χ4n) is 3.79. The lowest BCUT2D eigenvalue weighted by molar-refractivity contribution is 0.0710. The molecule has 0 aliphatic carbocycles. The summed E-state index contributed by atoms with van der Waals surface area (Å²) >= 11 is 5.92. The molecule has 1 saturated heterocycles. The minimum atomic E-state index is -0.407. The van der Waals surface area contributed by atoms with Crippen LogP contribution in [0.3, 0.4) is 0 Å². The fourth-order valence-corrected chi connectivity index (χ4v) is 3.95. The van der Waals surface area contributed by atoms with Crippen LogP contribution >= 0.6 is 11.6 Å². The number of hydrogen-bond acceptors (Lipinski definition) is 3. The maximum Gasteiger partial charge on any atom is 0.260 e. The number of amides is 1. The van der Waals surface area contributed by atoms with Gasteiger partial charge in [-0.25, -0.2) is 0 Å². The van der Waals surface area contributed by atoms with Gasteiger partial charge in [0.2, 0.25) is 0 Å². The van der Waals surface area contributed by atoms with E-state index < -0.39 is 5.56 Å². The molecule has 1 fully saturated rings. The predicted molar refractivity (Wildman–Crippen MR) is 108 cm³/mol. The summed E-state index contributed by atoms with van der Waals surface area (Å²) in [5, 5.41) is 7.76. The van der Waals surface area contributed by atoms with Gasteiger partial charge in [0.25, 0.3) is 11.5 Å². The molecule has 1 aromatic carbocycles. The molecule has 3 aromatic rings. The Morgan fingerprint density at radius 3 is 2.71 bits per heavy atom. The molecular weight excluding hydrogens is 376 g/mol. The third-order valence-corrected chi connectivity index (χ3v) is 5.50. The zero-order chi connectivity index (χ0) is 19.5. The van der Waals surface area contributed by atoms with Gasteiger partial charge in [-0.05, 0) is 30.0 Å². The Bertz CT molecular complexity index is 1020. The first-order valence-electron chi connectivity index (χ1n) is 9.35. The highest BCUT2D eigenvalue weighted by Crippen LogP contribution is 2.30. The van der Waals surface area contributed by atoms with Gasteiger partial charge in [-0.3, -0.25) is 14.7 Å². The largest absolute Gasteiger partial charge is 0.338 e. The maximum atomic E-state index is 12.7. The first-order chi connectivity index (χ1) is 13.6. The molecule has 1 amide bonds. The van der Waals surface area contributed by atoms with Gasteiger partial charge in [-0.1, -0.05) is 41.9 Å². The molecule has 4 rings (SSSR count). The number of piperidine rings is 1. The highest BCUT2D eigenvalue weighted by molar-refractivity contribution is 6.30. The van der Waals surface area contributed by atoms with E-state index in [1.165, 1.54) is 23.4 Å². The van der Waals surface area contributed by atoms with Crippen LogP contribution in [0.1, 0.15) is 45.9 Å². The van der Waals surface area contributed by atoms with Crippen LogP contribution in [0, 0.1) is 0 Å². The second-order valence-electron chi connectivity index (χ2n) is 7.10. The lowest BCUT2D eigenvalue weighted by atomic mass is 9.89. The Balaban J connectivity index is 1.44. The van der Waals surface area contributed by atoms with Crippen LogP contribution < -0.4 is 5.56 Å². The predicted octanol–water partition coefficient (Wildman–Crippen LogP) is 3.36. The molecule has 6 nitrogen and oxygen atoms in total. The number of pyridine rings is 1. The van der Waals surface area contributed by atoms with Gasteiger partial charge in [0.05, 0.1) is 11.2 Å². The van der Waals surface area contributed by atoms with E-state index in [9.17, 15) is 9.59 Å². The van der Waals surface area contributed by atoms with Crippen molar-refractivity contribution in [1.29, 1.82) is 0 Å². The molecule has 7 heteroatoms. The Morgan fingerprint density at radius 2 is 1.96 bits per heavy atom. The smallest absolute Gasteiger partial charge is 0.260 e. The topological polar surface area (TPSA) is 81.9 Å². The normalized spacial score (nSPS) is 15.0. The quantitative estimate of drug-likeness (QED) is 0.709. The molecule has 1 aliphatic heterocycles. The number of aromatic nitrogens is 3. The number of likely N-dealkylation sites (tertiary alicyclic amines) is 1. The Labute approximate surface area is 167 Å². The van der Waals surface area contributed by atoms with E-state index in [0.717, 1.165) is 25.0 Å². The summed E-state index contributed by atoms with van der Waals surface area (Å²) < 4.78 is 0. The number of carbonyl (C=O) groups is 1. The summed E-state index contributed by atoms with van der Waals surface area (Å²) in [4.78, 5) is 28.9.